The zero-order valence-electron chi connectivity index (χ0n) is 19.2. The number of aromatic carboxylic acids is 1. The van der Waals surface area contributed by atoms with E-state index in [2.05, 4.69) is 18.7 Å². The molecule has 2 N–H and O–H groups in total. The second kappa shape index (κ2) is 8.50. The van der Waals surface area contributed by atoms with Crippen molar-refractivity contribution in [2.45, 2.75) is 77.9 Å². The van der Waals surface area contributed by atoms with Crippen molar-refractivity contribution in [3.63, 3.8) is 0 Å². The lowest BCUT2D eigenvalue weighted by Gasteiger charge is -2.48. The lowest BCUT2D eigenvalue weighted by Crippen LogP contribution is -2.52. The maximum absolute atomic E-state index is 15.6. The molecule has 1 aromatic heterocycles. The van der Waals surface area contributed by atoms with Crippen molar-refractivity contribution in [1.82, 2.24) is 4.57 Å². The highest BCUT2D eigenvalue weighted by Crippen LogP contribution is 2.44. The molecule has 0 aliphatic carbocycles. The van der Waals surface area contributed by atoms with Gasteiger partial charge in [-0.2, -0.15) is 0 Å². The van der Waals surface area contributed by atoms with E-state index in [9.17, 15) is 19.8 Å². The van der Waals surface area contributed by atoms with Crippen LogP contribution in [0.2, 0.25) is 0 Å². The summed E-state index contributed by atoms with van der Waals surface area (Å²) >= 11 is 0. The predicted octanol–water partition coefficient (Wildman–Crippen LogP) is 4.50. The van der Waals surface area contributed by atoms with Crippen LogP contribution >= 0.6 is 0 Å². The Morgan fingerprint density at radius 2 is 1.94 bits per heavy atom. The van der Waals surface area contributed by atoms with Gasteiger partial charge in [-0.15, -0.1) is 0 Å². The molecule has 3 heterocycles. The molecule has 1 saturated heterocycles. The summed E-state index contributed by atoms with van der Waals surface area (Å²) in [7, 11) is 0. The summed E-state index contributed by atoms with van der Waals surface area (Å²) in [6, 6.07) is 1.24. The summed E-state index contributed by atoms with van der Waals surface area (Å²) in [4.78, 5) is 26.6. The van der Waals surface area contributed by atoms with E-state index in [-0.39, 0.29) is 22.4 Å². The Morgan fingerprint density at radius 3 is 2.56 bits per heavy atom. The van der Waals surface area contributed by atoms with E-state index in [0.29, 0.717) is 37.1 Å². The standard InChI is InChI=1S/C25H33FN2O4/c1-4-9-25(10-5-2)14-27(11-8-20(25)29)22-16-7-6-15(3)28-13-18(24(31)32)23(30)17(21(16)28)12-19(22)26/h12-13,15,20,29H,4-11,14H2,1-3H3,(H,31,32)/t15-,20?/m0/s1. The van der Waals surface area contributed by atoms with Crippen molar-refractivity contribution in [2.75, 3.05) is 18.0 Å². The van der Waals surface area contributed by atoms with Crippen LogP contribution in [0.25, 0.3) is 10.9 Å². The first kappa shape index (κ1) is 22.8. The third kappa shape index (κ3) is 3.51. The number of aliphatic hydroxyl groups excluding tert-OH is 1. The van der Waals surface area contributed by atoms with Crippen LogP contribution < -0.4 is 10.3 Å². The lowest BCUT2D eigenvalue weighted by atomic mass is 9.70. The molecule has 0 spiro atoms. The summed E-state index contributed by atoms with van der Waals surface area (Å²) < 4.78 is 17.5. The molecule has 0 bridgehead atoms. The Labute approximate surface area is 187 Å². The smallest absolute Gasteiger partial charge is 0.341 e. The van der Waals surface area contributed by atoms with E-state index in [0.717, 1.165) is 37.7 Å². The quantitative estimate of drug-likeness (QED) is 0.685. The summed E-state index contributed by atoms with van der Waals surface area (Å²) in [6.07, 6.45) is 6.63. The summed E-state index contributed by atoms with van der Waals surface area (Å²) in [5.41, 5.74) is 0.720. The third-order valence-electron chi connectivity index (χ3n) is 7.55. The Hall–Kier alpha value is -2.41. The number of hydrogen-bond donors (Lipinski definition) is 2. The molecule has 1 unspecified atom stereocenters. The van der Waals surface area contributed by atoms with Crippen molar-refractivity contribution in [3.05, 3.63) is 39.4 Å². The molecule has 2 aliphatic heterocycles. The Bertz CT molecular complexity index is 1100. The lowest BCUT2D eigenvalue weighted by molar-refractivity contribution is -0.00515. The number of hydrogen-bond acceptors (Lipinski definition) is 4. The Kier molecular flexibility index (Phi) is 6.05. The van der Waals surface area contributed by atoms with Gasteiger partial charge in [0.05, 0.1) is 17.3 Å². The van der Waals surface area contributed by atoms with E-state index in [1.807, 2.05) is 11.5 Å². The third-order valence-corrected chi connectivity index (χ3v) is 7.55. The zero-order chi connectivity index (χ0) is 23.2. The van der Waals surface area contributed by atoms with Crippen LogP contribution in [0.5, 0.6) is 0 Å². The van der Waals surface area contributed by atoms with E-state index in [1.54, 1.807) is 0 Å². The number of aromatic nitrogens is 1. The van der Waals surface area contributed by atoms with Gasteiger partial charge in [-0.3, -0.25) is 4.79 Å². The second-order valence-electron chi connectivity index (χ2n) is 9.64. The molecule has 0 saturated carbocycles. The fourth-order valence-corrected chi connectivity index (χ4v) is 6.08. The molecule has 1 aromatic carbocycles. The van der Waals surface area contributed by atoms with Crippen LogP contribution in [0, 0.1) is 11.2 Å². The van der Waals surface area contributed by atoms with Gasteiger partial charge in [-0.1, -0.05) is 26.7 Å². The first-order valence-electron chi connectivity index (χ1n) is 11.8. The molecule has 2 aromatic rings. The van der Waals surface area contributed by atoms with Crippen LogP contribution in [-0.4, -0.2) is 39.9 Å². The largest absolute Gasteiger partial charge is 0.477 e. The topological polar surface area (TPSA) is 82.8 Å². The highest BCUT2D eigenvalue weighted by atomic mass is 19.1. The highest BCUT2D eigenvalue weighted by Gasteiger charge is 2.42. The fourth-order valence-electron chi connectivity index (χ4n) is 6.08. The van der Waals surface area contributed by atoms with Crippen LogP contribution in [0.4, 0.5) is 10.1 Å². The molecular formula is C25H33FN2O4. The van der Waals surface area contributed by atoms with Gasteiger partial charge in [0.25, 0.3) is 0 Å². The van der Waals surface area contributed by atoms with Crippen LogP contribution in [0.1, 0.15) is 81.3 Å². The second-order valence-corrected chi connectivity index (χ2v) is 9.64. The minimum absolute atomic E-state index is 0.0180. The Balaban J connectivity index is 1.91. The number of piperidine rings is 1. The predicted molar refractivity (Wildman–Crippen MR) is 123 cm³/mol. The minimum atomic E-state index is -1.29. The molecule has 174 valence electrons. The van der Waals surface area contributed by atoms with Gasteiger partial charge in [0.2, 0.25) is 5.43 Å². The zero-order valence-corrected chi connectivity index (χ0v) is 19.2. The highest BCUT2D eigenvalue weighted by molar-refractivity contribution is 5.95. The summed E-state index contributed by atoms with van der Waals surface area (Å²) in [5, 5.41) is 20.5. The molecule has 32 heavy (non-hydrogen) atoms. The van der Waals surface area contributed by atoms with E-state index >= 15 is 4.39 Å². The number of anilines is 1. The number of nitrogens with zero attached hydrogens (tertiary/aromatic N) is 2. The number of halogens is 1. The van der Waals surface area contributed by atoms with Crippen molar-refractivity contribution in [2.24, 2.45) is 5.41 Å². The normalized spacial score (nSPS) is 22.3. The monoisotopic (exact) mass is 444 g/mol. The summed E-state index contributed by atoms with van der Waals surface area (Å²) in [5.74, 6) is -1.77. The van der Waals surface area contributed by atoms with E-state index in [4.69, 9.17) is 0 Å². The molecule has 7 heteroatoms. The van der Waals surface area contributed by atoms with Gasteiger partial charge in [-0.05, 0) is 45.1 Å². The molecule has 0 radical (unpaired) electrons. The number of carbonyl (C=O) groups is 1. The van der Waals surface area contributed by atoms with Gasteiger partial charge in [-0.25, -0.2) is 9.18 Å². The van der Waals surface area contributed by atoms with Gasteiger partial charge >= 0.3 is 5.97 Å². The number of aliphatic hydroxyl groups is 1. The average Bonchev–Trinajstić information content (AvgIpc) is 2.74. The minimum Gasteiger partial charge on any atom is -0.477 e. The number of benzene rings is 1. The Morgan fingerprint density at radius 1 is 1.25 bits per heavy atom. The van der Waals surface area contributed by atoms with Crippen molar-refractivity contribution in [1.29, 1.82) is 0 Å². The van der Waals surface area contributed by atoms with Crippen molar-refractivity contribution in [3.8, 4) is 0 Å². The molecule has 2 atom stereocenters. The first-order valence-corrected chi connectivity index (χ1v) is 11.8. The average molecular weight is 445 g/mol. The fraction of sp³-hybridized carbons (Fsp3) is 0.600. The van der Waals surface area contributed by atoms with Crippen LogP contribution in [0.3, 0.4) is 0 Å². The maximum atomic E-state index is 15.6. The summed E-state index contributed by atoms with van der Waals surface area (Å²) in [6.45, 7) is 7.36. The molecule has 1 fully saturated rings. The number of carboxylic acid groups (broad SMARTS) is 1. The number of carboxylic acids is 1. The number of pyridine rings is 1. The number of rotatable bonds is 6. The van der Waals surface area contributed by atoms with Gasteiger partial charge in [0.1, 0.15) is 11.4 Å². The molecular weight excluding hydrogens is 411 g/mol. The molecule has 4 rings (SSSR count). The van der Waals surface area contributed by atoms with Gasteiger partial charge < -0.3 is 19.7 Å². The molecule has 6 nitrogen and oxygen atoms in total. The van der Waals surface area contributed by atoms with Crippen LogP contribution in [0.15, 0.2) is 17.1 Å². The first-order chi connectivity index (χ1) is 15.2. The maximum Gasteiger partial charge on any atom is 0.341 e. The SMILES string of the molecule is CCCC1(CCC)CN(c2c(F)cc3c(=O)c(C(=O)O)cn4c3c2CC[C@@H]4C)CCC1O. The van der Waals surface area contributed by atoms with Crippen molar-refractivity contribution >= 4 is 22.6 Å². The van der Waals surface area contributed by atoms with Crippen molar-refractivity contribution < 1.29 is 19.4 Å². The van der Waals surface area contributed by atoms with Gasteiger partial charge in [0.15, 0.2) is 0 Å². The van der Waals surface area contributed by atoms with Gasteiger partial charge in [0, 0.05) is 41.7 Å². The van der Waals surface area contributed by atoms with Crippen LogP contribution in [-0.2, 0) is 6.42 Å². The molecule has 2 aliphatic rings. The number of aryl methyl sites for hydroxylation is 1. The molecule has 0 amide bonds. The van der Waals surface area contributed by atoms with E-state index in [1.165, 1.54) is 12.3 Å². The van der Waals surface area contributed by atoms with E-state index < -0.39 is 23.3 Å².